The largest absolute Gasteiger partial charge is 0.436 e. The van der Waals surface area contributed by atoms with Crippen LogP contribution in [0, 0.1) is 0 Å². The van der Waals surface area contributed by atoms with Gasteiger partial charge in [-0.3, -0.25) is 15.0 Å². The highest BCUT2D eigenvalue weighted by Crippen LogP contribution is 2.40. The van der Waals surface area contributed by atoms with E-state index in [1.165, 1.54) is 29.4 Å². The first-order valence-corrected chi connectivity index (χ1v) is 18.0. The van der Waals surface area contributed by atoms with Crippen molar-refractivity contribution in [1.82, 2.24) is 24.5 Å². The van der Waals surface area contributed by atoms with Crippen molar-refractivity contribution in [3.05, 3.63) is 45.3 Å². The molecule has 0 bridgehead atoms. The average molecular weight is 726 g/mol. The maximum absolute atomic E-state index is 14.0. The van der Waals surface area contributed by atoms with Crippen LogP contribution in [0.15, 0.2) is 23.6 Å². The third-order valence-corrected chi connectivity index (χ3v) is 11.4. The van der Waals surface area contributed by atoms with Crippen molar-refractivity contribution >= 4 is 51.7 Å². The number of anilines is 2. The standard InChI is InChI=1S/C33H43ClF3N7O4S/c1-38-28-25(33(35,36)37)17-21(18-26(28)34)19-27(30(45)42-14-12-41(13-15-42)23-3-8-40(2)9-4-23)48-32(47)43-10-5-24(6-11-43)44-20-22-7-16-49-29(22)39-31(44)46/h7,16-18,23-24,27,38H,3-6,8-15,19-20H2,1-2H3,(H,39,46)/t27-/m1/s1. The number of nitrogens with zero attached hydrogens (tertiary/aromatic N) is 5. The molecular weight excluding hydrogens is 683 g/mol. The summed E-state index contributed by atoms with van der Waals surface area (Å²) in [6.07, 6.45) is -3.85. The number of ether oxygens (including phenoxy) is 1. The van der Waals surface area contributed by atoms with E-state index in [9.17, 15) is 27.6 Å². The van der Waals surface area contributed by atoms with Crippen LogP contribution >= 0.6 is 22.9 Å². The number of urea groups is 1. The zero-order valence-corrected chi connectivity index (χ0v) is 29.3. The van der Waals surface area contributed by atoms with Crippen LogP contribution in [0.2, 0.25) is 5.02 Å². The highest BCUT2D eigenvalue weighted by molar-refractivity contribution is 7.14. The molecule has 11 nitrogen and oxygen atoms in total. The van der Waals surface area contributed by atoms with Gasteiger partial charge in [-0.25, -0.2) is 9.59 Å². The molecule has 5 heterocycles. The van der Waals surface area contributed by atoms with E-state index in [0.29, 0.717) is 64.7 Å². The number of alkyl halides is 3. The van der Waals surface area contributed by atoms with Gasteiger partial charge >= 0.3 is 18.3 Å². The normalized spacial score (nSPS) is 20.9. The molecule has 4 aliphatic heterocycles. The second kappa shape index (κ2) is 14.9. The summed E-state index contributed by atoms with van der Waals surface area (Å²) in [6, 6.07) is 4.52. The van der Waals surface area contributed by atoms with Crippen LogP contribution in [-0.2, 0) is 28.7 Å². The molecule has 1 aromatic carbocycles. The summed E-state index contributed by atoms with van der Waals surface area (Å²) in [4.78, 5) is 50.0. The number of halogens is 4. The quantitative estimate of drug-likeness (QED) is 0.402. The van der Waals surface area contributed by atoms with E-state index in [0.717, 1.165) is 42.6 Å². The van der Waals surface area contributed by atoms with Gasteiger partial charge in [-0.15, -0.1) is 11.3 Å². The number of fused-ring (bicyclic) bond motifs is 1. The summed E-state index contributed by atoms with van der Waals surface area (Å²) >= 11 is 7.76. The molecule has 1 atom stereocenters. The monoisotopic (exact) mass is 725 g/mol. The summed E-state index contributed by atoms with van der Waals surface area (Å²) in [5, 5.41) is 8.09. The number of piperazine rings is 1. The van der Waals surface area contributed by atoms with Gasteiger partial charge in [0, 0.05) is 70.4 Å². The van der Waals surface area contributed by atoms with Crippen molar-refractivity contribution in [1.29, 1.82) is 0 Å². The van der Waals surface area contributed by atoms with E-state index in [-0.39, 0.29) is 34.8 Å². The van der Waals surface area contributed by atoms with Crippen LogP contribution < -0.4 is 10.6 Å². The number of rotatable bonds is 7. The van der Waals surface area contributed by atoms with Gasteiger partial charge in [-0.1, -0.05) is 11.6 Å². The first kappa shape index (κ1) is 35.6. The van der Waals surface area contributed by atoms with Gasteiger partial charge in [-0.2, -0.15) is 13.2 Å². The molecule has 3 fully saturated rings. The predicted molar refractivity (Wildman–Crippen MR) is 182 cm³/mol. The van der Waals surface area contributed by atoms with Gasteiger partial charge in [0.1, 0.15) is 5.00 Å². The SMILES string of the molecule is CNc1c(Cl)cc(C[C@@H](OC(=O)N2CCC(N3Cc4ccsc4NC3=O)CC2)C(=O)N2CCN(C3CCN(C)CC3)CC2)cc1C(F)(F)F. The van der Waals surface area contributed by atoms with E-state index in [1.807, 2.05) is 11.4 Å². The summed E-state index contributed by atoms with van der Waals surface area (Å²) in [7, 11) is 3.47. The van der Waals surface area contributed by atoms with Crippen LogP contribution in [-0.4, -0.2) is 127 Å². The third kappa shape index (κ3) is 8.05. The number of amides is 4. The number of hydrogen-bond donors (Lipinski definition) is 2. The molecule has 0 spiro atoms. The molecule has 0 unspecified atom stereocenters. The second-order valence-electron chi connectivity index (χ2n) is 13.3. The number of piperidine rings is 2. The molecule has 0 radical (unpaired) electrons. The predicted octanol–water partition coefficient (Wildman–Crippen LogP) is 5.26. The van der Waals surface area contributed by atoms with Crippen LogP contribution in [0.5, 0.6) is 0 Å². The molecular formula is C33H43ClF3N7O4S. The van der Waals surface area contributed by atoms with Gasteiger partial charge in [0.25, 0.3) is 5.91 Å². The van der Waals surface area contributed by atoms with Crippen molar-refractivity contribution in [3.8, 4) is 0 Å². The minimum absolute atomic E-state index is 0.0796. The zero-order valence-electron chi connectivity index (χ0n) is 27.7. The molecule has 1 aromatic heterocycles. The summed E-state index contributed by atoms with van der Waals surface area (Å²) in [6.45, 7) is 5.36. The van der Waals surface area contributed by atoms with Gasteiger partial charge in [0.2, 0.25) is 0 Å². The molecule has 0 aliphatic carbocycles. The van der Waals surface area contributed by atoms with Gasteiger partial charge < -0.3 is 29.7 Å². The van der Waals surface area contributed by atoms with Crippen LogP contribution in [0.3, 0.4) is 0 Å². The van der Waals surface area contributed by atoms with Gasteiger partial charge in [-0.05, 0) is 75.0 Å². The Morgan fingerprint density at radius 2 is 1.69 bits per heavy atom. The molecule has 49 heavy (non-hydrogen) atoms. The Hall–Kier alpha value is -3.27. The topological polar surface area (TPSA) is 101 Å². The average Bonchev–Trinajstić information content (AvgIpc) is 3.54. The Labute approximate surface area is 293 Å². The second-order valence-corrected chi connectivity index (χ2v) is 14.6. The van der Waals surface area contributed by atoms with E-state index < -0.39 is 29.8 Å². The molecule has 4 aliphatic rings. The maximum Gasteiger partial charge on any atom is 0.418 e. The number of hydrogen-bond acceptors (Lipinski definition) is 8. The Kier molecular flexibility index (Phi) is 10.8. The lowest BCUT2D eigenvalue weighted by Crippen LogP contribution is -2.56. The Balaban J connectivity index is 1.14. The fourth-order valence-corrected chi connectivity index (χ4v) is 8.50. The van der Waals surface area contributed by atoms with Crippen LogP contribution in [0.1, 0.15) is 42.4 Å². The lowest BCUT2D eigenvalue weighted by atomic mass is 10.0. The summed E-state index contributed by atoms with van der Waals surface area (Å²) in [5.74, 6) is -0.440. The molecule has 4 amide bonds. The lowest BCUT2D eigenvalue weighted by Gasteiger charge is -2.43. The van der Waals surface area contributed by atoms with Crippen molar-refractivity contribution in [2.45, 2.75) is 63.0 Å². The smallest absolute Gasteiger partial charge is 0.418 e. The summed E-state index contributed by atoms with van der Waals surface area (Å²) < 4.78 is 47.8. The Morgan fingerprint density at radius 1 is 1.02 bits per heavy atom. The first-order chi connectivity index (χ1) is 23.4. The third-order valence-electron chi connectivity index (χ3n) is 10.2. The van der Waals surface area contributed by atoms with Crippen molar-refractivity contribution in [2.75, 3.05) is 77.1 Å². The first-order valence-electron chi connectivity index (χ1n) is 16.8. The molecule has 3 saturated heterocycles. The molecule has 2 aromatic rings. The minimum atomic E-state index is -4.70. The lowest BCUT2D eigenvalue weighted by molar-refractivity contribution is -0.143. The number of likely N-dealkylation sites (tertiary alicyclic amines) is 2. The van der Waals surface area contributed by atoms with E-state index in [2.05, 4.69) is 27.5 Å². The fraction of sp³-hybridized carbons (Fsp3) is 0.606. The molecule has 2 N–H and O–H groups in total. The maximum atomic E-state index is 14.0. The fourth-order valence-electron chi connectivity index (χ4n) is 7.37. The highest BCUT2D eigenvalue weighted by Gasteiger charge is 2.39. The molecule has 6 rings (SSSR count). The van der Waals surface area contributed by atoms with E-state index in [1.54, 1.807) is 9.80 Å². The molecule has 16 heteroatoms. The van der Waals surface area contributed by atoms with Crippen molar-refractivity contribution in [2.24, 2.45) is 0 Å². The number of carbonyl (C=O) groups excluding carboxylic acids is 3. The van der Waals surface area contributed by atoms with Crippen LogP contribution in [0.25, 0.3) is 0 Å². The van der Waals surface area contributed by atoms with Crippen LogP contribution in [0.4, 0.5) is 33.4 Å². The molecule has 0 saturated carbocycles. The van der Waals surface area contributed by atoms with Gasteiger partial charge in [0.05, 0.1) is 22.8 Å². The number of thiophene rings is 1. The number of carbonyl (C=O) groups is 3. The van der Waals surface area contributed by atoms with E-state index >= 15 is 0 Å². The number of nitrogens with one attached hydrogen (secondary N) is 2. The van der Waals surface area contributed by atoms with Crippen molar-refractivity contribution < 1.29 is 32.3 Å². The van der Waals surface area contributed by atoms with Gasteiger partial charge in [0.15, 0.2) is 6.10 Å². The highest BCUT2D eigenvalue weighted by atomic mass is 35.5. The Bertz CT molecular complexity index is 1520. The zero-order chi connectivity index (χ0) is 34.9. The number of benzene rings is 1. The van der Waals surface area contributed by atoms with Crippen molar-refractivity contribution in [3.63, 3.8) is 0 Å². The van der Waals surface area contributed by atoms with E-state index in [4.69, 9.17) is 16.3 Å². The summed E-state index contributed by atoms with van der Waals surface area (Å²) in [5.41, 5.74) is -0.0324. The minimum Gasteiger partial charge on any atom is -0.436 e. The Morgan fingerprint density at radius 3 is 2.35 bits per heavy atom. The molecule has 268 valence electrons.